The van der Waals surface area contributed by atoms with E-state index in [0.717, 1.165) is 0 Å². The van der Waals surface area contributed by atoms with Crippen molar-refractivity contribution in [3.05, 3.63) is 89.4 Å². The minimum atomic E-state index is -3.81. The second-order valence-electron chi connectivity index (χ2n) is 5.97. The lowest BCUT2D eigenvalue weighted by atomic mass is 10.2. The Morgan fingerprint density at radius 2 is 1.64 bits per heavy atom. The Balaban J connectivity index is 1.92. The largest absolute Gasteiger partial charge is 0.321 e. The van der Waals surface area contributed by atoms with Crippen LogP contribution in [0.1, 0.15) is 17.3 Å². The fourth-order valence-corrected chi connectivity index (χ4v) is 4.47. The number of para-hydroxylation sites is 2. The highest BCUT2D eigenvalue weighted by molar-refractivity contribution is 7.92. The van der Waals surface area contributed by atoms with Gasteiger partial charge in [-0.2, -0.15) is 0 Å². The van der Waals surface area contributed by atoms with Crippen molar-refractivity contribution < 1.29 is 13.2 Å². The quantitative estimate of drug-likeness (QED) is 0.629. The third kappa shape index (κ3) is 4.18. The van der Waals surface area contributed by atoms with Gasteiger partial charge in [0.25, 0.3) is 15.9 Å². The molecular weight excluding hydrogens is 396 g/mol. The number of hydrogen-bond acceptors (Lipinski definition) is 3. The normalized spacial score (nSPS) is 11.1. The van der Waals surface area contributed by atoms with Crippen LogP contribution in [0.3, 0.4) is 0 Å². The topological polar surface area (TPSA) is 66.5 Å². The zero-order chi connectivity index (χ0) is 20.1. The highest BCUT2D eigenvalue weighted by Gasteiger charge is 2.24. The van der Waals surface area contributed by atoms with Crippen molar-refractivity contribution in [3.63, 3.8) is 0 Å². The van der Waals surface area contributed by atoms with Crippen LogP contribution in [0.5, 0.6) is 0 Å². The highest BCUT2D eigenvalue weighted by Crippen LogP contribution is 2.25. The highest BCUT2D eigenvalue weighted by atomic mass is 35.5. The lowest BCUT2D eigenvalue weighted by Crippen LogP contribution is -2.30. The van der Waals surface area contributed by atoms with Crippen LogP contribution in [0.2, 0.25) is 5.02 Å². The van der Waals surface area contributed by atoms with Crippen LogP contribution in [-0.4, -0.2) is 20.9 Å². The number of anilines is 2. The molecule has 0 fully saturated rings. The Hall–Kier alpha value is -2.83. The maximum atomic E-state index is 13.1. The molecule has 3 rings (SSSR count). The first kappa shape index (κ1) is 19.9. The summed E-state index contributed by atoms with van der Waals surface area (Å²) >= 11 is 6.07. The van der Waals surface area contributed by atoms with Crippen molar-refractivity contribution >= 4 is 38.9 Å². The molecule has 0 bridgehead atoms. The van der Waals surface area contributed by atoms with Crippen molar-refractivity contribution in [2.45, 2.75) is 11.8 Å². The van der Waals surface area contributed by atoms with E-state index in [1.807, 2.05) is 6.07 Å². The van der Waals surface area contributed by atoms with Crippen LogP contribution in [0, 0.1) is 0 Å². The summed E-state index contributed by atoms with van der Waals surface area (Å²) < 4.78 is 27.6. The summed E-state index contributed by atoms with van der Waals surface area (Å²) in [5.74, 6) is -0.437. The molecule has 3 aromatic carbocycles. The molecule has 0 atom stereocenters. The molecule has 28 heavy (non-hydrogen) atoms. The van der Waals surface area contributed by atoms with E-state index in [0.29, 0.717) is 16.4 Å². The number of sulfonamides is 1. The van der Waals surface area contributed by atoms with E-state index in [9.17, 15) is 13.2 Å². The van der Waals surface area contributed by atoms with Gasteiger partial charge in [0.1, 0.15) is 0 Å². The van der Waals surface area contributed by atoms with Crippen molar-refractivity contribution in [1.29, 1.82) is 0 Å². The first-order valence-corrected chi connectivity index (χ1v) is 10.5. The maximum absolute atomic E-state index is 13.1. The third-order valence-electron chi connectivity index (χ3n) is 4.14. The molecule has 0 saturated heterocycles. The zero-order valence-electron chi connectivity index (χ0n) is 15.2. The average Bonchev–Trinajstić information content (AvgIpc) is 2.71. The monoisotopic (exact) mass is 414 g/mol. The van der Waals surface area contributed by atoms with Gasteiger partial charge in [-0.15, -0.1) is 0 Å². The van der Waals surface area contributed by atoms with Gasteiger partial charge < -0.3 is 5.32 Å². The van der Waals surface area contributed by atoms with Gasteiger partial charge in [-0.25, -0.2) is 8.42 Å². The van der Waals surface area contributed by atoms with Crippen LogP contribution in [-0.2, 0) is 10.0 Å². The van der Waals surface area contributed by atoms with E-state index in [4.69, 9.17) is 11.6 Å². The molecule has 144 valence electrons. The number of benzene rings is 3. The minimum absolute atomic E-state index is 0.0463. The molecule has 0 aliphatic carbocycles. The first-order chi connectivity index (χ1) is 13.4. The van der Waals surface area contributed by atoms with Gasteiger partial charge in [0.2, 0.25) is 0 Å². The van der Waals surface area contributed by atoms with Crippen molar-refractivity contribution in [3.8, 4) is 0 Å². The van der Waals surface area contributed by atoms with E-state index < -0.39 is 15.9 Å². The predicted molar refractivity (Wildman–Crippen MR) is 112 cm³/mol. The van der Waals surface area contributed by atoms with Crippen LogP contribution in [0.25, 0.3) is 0 Å². The van der Waals surface area contributed by atoms with Gasteiger partial charge >= 0.3 is 0 Å². The van der Waals surface area contributed by atoms with Gasteiger partial charge in [-0.1, -0.05) is 48.0 Å². The SMILES string of the molecule is CCN(c1ccccc1)S(=O)(=O)c1cccc(C(=O)Nc2ccccc2Cl)c1. The molecule has 0 spiro atoms. The van der Waals surface area contributed by atoms with E-state index in [1.54, 1.807) is 67.6 Å². The average molecular weight is 415 g/mol. The number of amides is 1. The number of rotatable bonds is 6. The van der Waals surface area contributed by atoms with Gasteiger partial charge in [-0.05, 0) is 49.4 Å². The molecule has 0 saturated carbocycles. The molecule has 0 radical (unpaired) electrons. The predicted octanol–water partition coefficient (Wildman–Crippen LogP) is 4.81. The second kappa shape index (κ2) is 8.46. The van der Waals surface area contributed by atoms with Crippen LogP contribution in [0.15, 0.2) is 83.8 Å². The summed E-state index contributed by atoms with van der Waals surface area (Å²) in [6.07, 6.45) is 0. The number of hydrogen-bond donors (Lipinski definition) is 1. The molecule has 7 heteroatoms. The van der Waals surface area contributed by atoms with E-state index >= 15 is 0 Å². The van der Waals surface area contributed by atoms with E-state index in [2.05, 4.69) is 5.32 Å². The van der Waals surface area contributed by atoms with Crippen LogP contribution in [0.4, 0.5) is 11.4 Å². The Morgan fingerprint density at radius 3 is 2.32 bits per heavy atom. The summed E-state index contributed by atoms with van der Waals surface area (Å²) in [5.41, 5.74) is 1.25. The standard InChI is InChI=1S/C21H19ClN2O3S/c1-2-24(17-10-4-3-5-11-17)28(26,27)18-12-8-9-16(15-18)21(25)23-20-14-7-6-13-19(20)22/h3-15H,2H2,1H3,(H,23,25). The molecule has 0 aliphatic heterocycles. The summed E-state index contributed by atoms with van der Waals surface area (Å²) in [6, 6.07) is 21.6. The molecule has 0 aliphatic rings. The molecular formula is C21H19ClN2O3S. The molecule has 0 unspecified atom stereocenters. The van der Waals surface area contributed by atoms with Gasteiger partial charge in [0, 0.05) is 12.1 Å². The molecule has 0 heterocycles. The molecule has 1 amide bonds. The third-order valence-corrected chi connectivity index (χ3v) is 6.37. The van der Waals surface area contributed by atoms with Crippen LogP contribution >= 0.6 is 11.6 Å². The van der Waals surface area contributed by atoms with Crippen molar-refractivity contribution in [2.24, 2.45) is 0 Å². The maximum Gasteiger partial charge on any atom is 0.264 e. The first-order valence-electron chi connectivity index (χ1n) is 8.67. The van der Waals surface area contributed by atoms with Crippen molar-refractivity contribution in [2.75, 3.05) is 16.2 Å². The molecule has 5 nitrogen and oxygen atoms in total. The van der Waals surface area contributed by atoms with Gasteiger partial charge in [-0.3, -0.25) is 9.10 Å². The number of carbonyl (C=O) groups is 1. The fourth-order valence-electron chi connectivity index (χ4n) is 2.77. The van der Waals surface area contributed by atoms with Gasteiger partial charge in [0.15, 0.2) is 0 Å². The minimum Gasteiger partial charge on any atom is -0.321 e. The Labute approximate surface area is 169 Å². The number of carbonyl (C=O) groups excluding carboxylic acids is 1. The summed E-state index contributed by atoms with van der Waals surface area (Å²) in [5, 5.41) is 3.10. The summed E-state index contributed by atoms with van der Waals surface area (Å²) in [6.45, 7) is 2.03. The summed E-state index contributed by atoms with van der Waals surface area (Å²) in [7, 11) is -3.81. The number of halogens is 1. The smallest absolute Gasteiger partial charge is 0.264 e. The van der Waals surface area contributed by atoms with Crippen LogP contribution < -0.4 is 9.62 Å². The lowest BCUT2D eigenvalue weighted by Gasteiger charge is -2.23. The number of nitrogens with zero attached hydrogens (tertiary/aromatic N) is 1. The Morgan fingerprint density at radius 1 is 0.964 bits per heavy atom. The van der Waals surface area contributed by atoms with E-state index in [1.165, 1.54) is 16.4 Å². The van der Waals surface area contributed by atoms with Crippen molar-refractivity contribution in [1.82, 2.24) is 0 Å². The molecule has 1 N–H and O–H groups in total. The Kier molecular flexibility index (Phi) is 6.02. The fraction of sp³-hybridized carbons (Fsp3) is 0.0952. The van der Waals surface area contributed by atoms with Gasteiger partial charge in [0.05, 0.1) is 21.3 Å². The number of nitrogens with one attached hydrogen (secondary N) is 1. The summed E-state index contributed by atoms with van der Waals surface area (Å²) in [4.78, 5) is 12.6. The molecule has 0 aromatic heterocycles. The Bertz CT molecular complexity index is 1090. The zero-order valence-corrected chi connectivity index (χ0v) is 16.7. The molecule has 3 aromatic rings. The van der Waals surface area contributed by atoms with E-state index in [-0.39, 0.29) is 17.0 Å². The second-order valence-corrected chi connectivity index (χ2v) is 8.24. The lowest BCUT2D eigenvalue weighted by molar-refractivity contribution is 0.102.